The van der Waals surface area contributed by atoms with Gasteiger partial charge in [-0.05, 0) is 37.6 Å². The maximum Gasteiger partial charge on any atom is 0.246 e. The van der Waals surface area contributed by atoms with Crippen LogP contribution in [-0.4, -0.2) is 53.8 Å². The summed E-state index contributed by atoms with van der Waals surface area (Å²) in [7, 11) is 0. The zero-order valence-corrected chi connectivity index (χ0v) is 15.6. The number of amides is 1. The number of nitrogens with zero attached hydrogens (tertiary/aromatic N) is 3. The molecule has 0 radical (unpaired) electrons. The van der Waals surface area contributed by atoms with Crippen molar-refractivity contribution in [2.75, 3.05) is 33.0 Å². The highest BCUT2D eigenvalue weighted by Crippen LogP contribution is 2.32. The molecule has 3 heterocycles. The Morgan fingerprint density at radius 3 is 2.67 bits per heavy atom. The molecule has 1 saturated heterocycles. The van der Waals surface area contributed by atoms with E-state index in [0.29, 0.717) is 13.1 Å². The molecular weight excluding hydrogens is 346 g/mol. The summed E-state index contributed by atoms with van der Waals surface area (Å²) in [6, 6.07) is 5.66. The van der Waals surface area contributed by atoms with Crippen LogP contribution in [0.25, 0.3) is 6.08 Å². The molecule has 2 aliphatic heterocycles. The number of hydrogen-bond acceptors (Lipinski definition) is 6. The molecule has 7 nitrogen and oxygen atoms in total. The lowest BCUT2D eigenvalue weighted by molar-refractivity contribution is -0.127. The van der Waals surface area contributed by atoms with Crippen LogP contribution in [0.3, 0.4) is 0 Å². The van der Waals surface area contributed by atoms with Gasteiger partial charge >= 0.3 is 0 Å². The lowest BCUT2D eigenvalue weighted by atomic mass is 10.1. The van der Waals surface area contributed by atoms with Crippen LogP contribution in [0.15, 0.2) is 28.8 Å². The Bertz CT molecular complexity index is 847. The van der Waals surface area contributed by atoms with Crippen molar-refractivity contribution in [3.8, 4) is 11.5 Å². The number of rotatable bonds is 4. The van der Waals surface area contributed by atoms with Crippen molar-refractivity contribution in [3.05, 3.63) is 46.9 Å². The summed E-state index contributed by atoms with van der Waals surface area (Å²) in [6.07, 6.45) is 3.45. The number of carbonyl (C=O) groups excluding carboxylic acids is 1. The summed E-state index contributed by atoms with van der Waals surface area (Å²) < 4.78 is 15.9. The molecule has 1 amide bonds. The topological polar surface area (TPSA) is 68.0 Å². The number of piperazine rings is 1. The summed E-state index contributed by atoms with van der Waals surface area (Å²) >= 11 is 0. The molecule has 1 fully saturated rings. The Balaban J connectivity index is 1.31. The second-order valence-corrected chi connectivity index (χ2v) is 6.85. The number of aryl methyl sites for hydroxylation is 2. The highest BCUT2D eigenvalue weighted by atomic mass is 16.7. The van der Waals surface area contributed by atoms with Crippen molar-refractivity contribution in [1.29, 1.82) is 0 Å². The summed E-state index contributed by atoms with van der Waals surface area (Å²) in [4.78, 5) is 16.7. The van der Waals surface area contributed by atoms with Crippen molar-refractivity contribution in [2.45, 2.75) is 20.4 Å². The SMILES string of the molecule is Cc1noc(C)c1CN1CCN(C(=O)C=Cc2ccc3c(c2)OCO3)CC1. The van der Waals surface area contributed by atoms with Gasteiger partial charge in [0.05, 0.1) is 5.69 Å². The van der Waals surface area contributed by atoms with E-state index in [9.17, 15) is 4.79 Å². The Hall–Kier alpha value is -2.80. The van der Waals surface area contributed by atoms with Gasteiger partial charge < -0.3 is 18.9 Å². The van der Waals surface area contributed by atoms with Crippen LogP contribution in [0.5, 0.6) is 11.5 Å². The van der Waals surface area contributed by atoms with Gasteiger partial charge in [-0.3, -0.25) is 9.69 Å². The lowest BCUT2D eigenvalue weighted by Crippen LogP contribution is -2.47. The van der Waals surface area contributed by atoms with Gasteiger partial charge in [0, 0.05) is 44.4 Å². The molecule has 0 atom stereocenters. The van der Waals surface area contributed by atoms with Crippen LogP contribution in [0.4, 0.5) is 0 Å². The molecule has 1 aromatic carbocycles. The minimum absolute atomic E-state index is 0.0321. The van der Waals surface area contributed by atoms with Gasteiger partial charge in [0.1, 0.15) is 5.76 Å². The maximum atomic E-state index is 12.5. The second-order valence-electron chi connectivity index (χ2n) is 6.85. The maximum absolute atomic E-state index is 12.5. The van der Waals surface area contributed by atoms with E-state index in [0.717, 1.165) is 53.7 Å². The van der Waals surface area contributed by atoms with E-state index in [1.807, 2.05) is 43.0 Å². The third-order valence-corrected chi connectivity index (χ3v) is 5.06. The molecule has 1 aromatic heterocycles. The molecule has 0 unspecified atom stereocenters. The van der Waals surface area contributed by atoms with E-state index >= 15 is 0 Å². The molecule has 4 rings (SSSR count). The van der Waals surface area contributed by atoms with Crippen LogP contribution in [0, 0.1) is 13.8 Å². The first kappa shape index (κ1) is 17.6. The van der Waals surface area contributed by atoms with E-state index in [1.165, 1.54) is 0 Å². The van der Waals surface area contributed by atoms with Crippen LogP contribution < -0.4 is 9.47 Å². The van der Waals surface area contributed by atoms with Crippen molar-refractivity contribution in [3.63, 3.8) is 0 Å². The number of carbonyl (C=O) groups is 1. The van der Waals surface area contributed by atoms with E-state index in [1.54, 1.807) is 6.08 Å². The average molecular weight is 369 g/mol. The largest absolute Gasteiger partial charge is 0.454 e. The molecule has 0 saturated carbocycles. The van der Waals surface area contributed by atoms with Gasteiger partial charge in [-0.15, -0.1) is 0 Å². The average Bonchev–Trinajstić information content (AvgIpc) is 3.28. The van der Waals surface area contributed by atoms with Crippen molar-refractivity contribution < 1.29 is 18.8 Å². The van der Waals surface area contributed by atoms with Gasteiger partial charge in [-0.2, -0.15) is 0 Å². The molecule has 2 aliphatic rings. The van der Waals surface area contributed by atoms with Crippen LogP contribution in [-0.2, 0) is 11.3 Å². The van der Waals surface area contributed by atoms with Gasteiger partial charge in [0.15, 0.2) is 11.5 Å². The van der Waals surface area contributed by atoms with E-state index in [-0.39, 0.29) is 12.7 Å². The van der Waals surface area contributed by atoms with Crippen molar-refractivity contribution in [2.24, 2.45) is 0 Å². The molecule has 7 heteroatoms. The number of ether oxygens (including phenoxy) is 2. The second kappa shape index (κ2) is 7.44. The fourth-order valence-corrected chi connectivity index (χ4v) is 3.37. The fraction of sp³-hybridized carbons (Fsp3) is 0.400. The molecule has 27 heavy (non-hydrogen) atoms. The predicted octanol–water partition coefficient (Wildman–Crippen LogP) is 2.38. The molecular formula is C20H23N3O4. The Morgan fingerprint density at radius 1 is 1.15 bits per heavy atom. The zero-order valence-electron chi connectivity index (χ0n) is 15.6. The molecule has 0 bridgehead atoms. The van der Waals surface area contributed by atoms with E-state index in [2.05, 4.69) is 10.1 Å². The van der Waals surface area contributed by atoms with Crippen LogP contribution in [0.2, 0.25) is 0 Å². The minimum atomic E-state index is 0.0321. The number of benzene rings is 1. The third-order valence-electron chi connectivity index (χ3n) is 5.06. The number of hydrogen-bond donors (Lipinski definition) is 0. The first-order valence-corrected chi connectivity index (χ1v) is 9.11. The molecule has 0 aliphatic carbocycles. The highest BCUT2D eigenvalue weighted by Gasteiger charge is 2.22. The standard InChI is InChI=1S/C20H23N3O4/c1-14-17(15(2)27-21-14)12-22-7-9-23(10-8-22)20(24)6-4-16-3-5-18-19(11-16)26-13-25-18/h3-6,11H,7-10,12-13H2,1-2H3. The molecule has 142 valence electrons. The predicted molar refractivity (Wildman–Crippen MR) is 99.4 cm³/mol. The monoisotopic (exact) mass is 369 g/mol. The quantitative estimate of drug-likeness (QED) is 0.771. The summed E-state index contributed by atoms with van der Waals surface area (Å²) in [5, 5.41) is 4.01. The summed E-state index contributed by atoms with van der Waals surface area (Å²) in [5.74, 6) is 2.37. The van der Waals surface area contributed by atoms with E-state index < -0.39 is 0 Å². The van der Waals surface area contributed by atoms with Crippen LogP contribution >= 0.6 is 0 Å². The van der Waals surface area contributed by atoms with E-state index in [4.69, 9.17) is 14.0 Å². The molecule has 2 aromatic rings. The molecule has 0 spiro atoms. The van der Waals surface area contributed by atoms with Crippen molar-refractivity contribution in [1.82, 2.24) is 15.0 Å². The Labute approximate surface area is 158 Å². The lowest BCUT2D eigenvalue weighted by Gasteiger charge is -2.34. The van der Waals surface area contributed by atoms with Crippen molar-refractivity contribution >= 4 is 12.0 Å². The highest BCUT2D eigenvalue weighted by molar-refractivity contribution is 5.92. The summed E-state index contributed by atoms with van der Waals surface area (Å²) in [5.41, 5.74) is 3.01. The minimum Gasteiger partial charge on any atom is -0.454 e. The van der Waals surface area contributed by atoms with Gasteiger partial charge in [0.25, 0.3) is 0 Å². The zero-order chi connectivity index (χ0) is 18.8. The fourth-order valence-electron chi connectivity index (χ4n) is 3.37. The molecule has 0 N–H and O–H groups in total. The first-order chi connectivity index (χ1) is 13.1. The van der Waals surface area contributed by atoms with Gasteiger partial charge in [-0.1, -0.05) is 11.2 Å². The Morgan fingerprint density at radius 2 is 1.93 bits per heavy atom. The number of fused-ring (bicyclic) bond motifs is 1. The normalized spacial score (nSPS) is 17.0. The van der Waals surface area contributed by atoms with Gasteiger partial charge in [-0.25, -0.2) is 0 Å². The smallest absolute Gasteiger partial charge is 0.246 e. The van der Waals surface area contributed by atoms with Gasteiger partial charge in [0.2, 0.25) is 12.7 Å². The number of aromatic nitrogens is 1. The first-order valence-electron chi connectivity index (χ1n) is 9.11. The Kier molecular flexibility index (Phi) is 4.85. The summed E-state index contributed by atoms with van der Waals surface area (Å²) in [6.45, 7) is 8.08. The third kappa shape index (κ3) is 3.83. The van der Waals surface area contributed by atoms with Crippen LogP contribution in [0.1, 0.15) is 22.6 Å².